The van der Waals surface area contributed by atoms with Gasteiger partial charge in [0.05, 0.1) is 0 Å². The molecule has 1 heteroatoms. The molecular formula is C16H25N. The van der Waals surface area contributed by atoms with Crippen LogP contribution < -0.4 is 5.32 Å². The molecule has 1 aromatic rings. The second-order valence-electron chi connectivity index (χ2n) is 4.75. The fraction of sp³-hybridized carbons (Fsp3) is 0.500. The average molecular weight is 231 g/mol. The maximum Gasteiger partial charge on any atom is 0.0372 e. The van der Waals surface area contributed by atoms with Crippen LogP contribution in [0.4, 0.5) is 5.69 Å². The Morgan fingerprint density at radius 3 is 2.59 bits per heavy atom. The lowest BCUT2D eigenvalue weighted by Gasteiger charge is -2.09. The summed E-state index contributed by atoms with van der Waals surface area (Å²) in [6, 6.07) is 6.73. The molecule has 0 heterocycles. The molecule has 0 aliphatic heterocycles. The van der Waals surface area contributed by atoms with Gasteiger partial charge in [-0.3, -0.25) is 0 Å². The van der Waals surface area contributed by atoms with Gasteiger partial charge in [0, 0.05) is 12.7 Å². The highest BCUT2D eigenvalue weighted by molar-refractivity contribution is 5.52. The summed E-state index contributed by atoms with van der Waals surface area (Å²) in [7, 11) is 2.01. The molecule has 0 saturated heterocycles. The minimum atomic E-state index is 1.06. The fourth-order valence-corrected chi connectivity index (χ4v) is 2.13. The molecule has 0 aromatic heterocycles. The van der Waals surface area contributed by atoms with Crippen molar-refractivity contribution in [3.05, 3.63) is 42.5 Å². The predicted molar refractivity (Wildman–Crippen MR) is 77.6 cm³/mol. The summed E-state index contributed by atoms with van der Waals surface area (Å²) in [6.45, 7) is 8.15. The number of hydrogen-bond donors (Lipinski definition) is 1. The minimum absolute atomic E-state index is 1.06. The number of benzene rings is 1. The number of hydrogen-bond acceptors (Lipinski definition) is 1. The standard InChI is InChI=1S/C14H21N.C2H4/c1-11-6-9-13(14(10-11)15-2)5-3-4-12-7-8-12;1-2/h6,9-10,12,15H,3-5,7-8H2,1-2H3;1-2H2. The number of nitrogens with one attached hydrogen (secondary N) is 1. The largest absolute Gasteiger partial charge is 0.388 e. The number of anilines is 1. The summed E-state index contributed by atoms with van der Waals surface area (Å²) in [5, 5.41) is 3.29. The van der Waals surface area contributed by atoms with Crippen molar-refractivity contribution in [1.82, 2.24) is 0 Å². The molecule has 17 heavy (non-hydrogen) atoms. The van der Waals surface area contributed by atoms with Crippen molar-refractivity contribution in [2.24, 2.45) is 5.92 Å². The van der Waals surface area contributed by atoms with E-state index < -0.39 is 0 Å². The third-order valence-electron chi connectivity index (χ3n) is 3.29. The maximum atomic E-state index is 3.29. The molecule has 1 aromatic carbocycles. The van der Waals surface area contributed by atoms with Crippen molar-refractivity contribution in [1.29, 1.82) is 0 Å². The van der Waals surface area contributed by atoms with E-state index in [2.05, 4.69) is 43.6 Å². The molecule has 0 radical (unpaired) electrons. The first-order valence-electron chi connectivity index (χ1n) is 6.57. The van der Waals surface area contributed by atoms with E-state index in [1.807, 2.05) is 7.05 Å². The van der Waals surface area contributed by atoms with Crippen molar-refractivity contribution in [2.45, 2.75) is 39.0 Å². The van der Waals surface area contributed by atoms with Gasteiger partial charge in [-0.25, -0.2) is 0 Å². The van der Waals surface area contributed by atoms with E-state index in [4.69, 9.17) is 0 Å². The van der Waals surface area contributed by atoms with Crippen LogP contribution in [-0.2, 0) is 6.42 Å². The zero-order valence-corrected chi connectivity index (χ0v) is 11.3. The average Bonchev–Trinajstić information content (AvgIpc) is 3.17. The van der Waals surface area contributed by atoms with Gasteiger partial charge in [-0.05, 0) is 42.9 Å². The highest BCUT2D eigenvalue weighted by atomic mass is 14.8. The second kappa shape index (κ2) is 7.16. The summed E-state index contributed by atoms with van der Waals surface area (Å²) in [5.74, 6) is 1.06. The van der Waals surface area contributed by atoms with E-state index in [9.17, 15) is 0 Å². The topological polar surface area (TPSA) is 12.0 Å². The Bertz CT molecular complexity index is 339. The lowest BCUT2D eigenvalue weighted by Crippen LogP contribution is -1.96. The summed E-state index contributed by atoms with van der Waals surface area (Å²) in [4.78, 5) is 0. The first-order valence-corrected chi connectivity index (χ1v) is 6.57. The van der Waals surface area contributed by atoms with Gasteiger partial charge >= 0.3 is 0 Å². The van der Waals surface area contributed by atoms with Crippen molar-refractivity contribution >= 4 is 5.69 Å². The monoisotopic (exact) mass is 231 g/mol. The summed E-state index contributed by atoms with van der Waals surface area (Å²) < 4.78 is 0. The van der Waals surface area contributed by atoms with Crippen LogP contribution in [-0.4, -0.2) is 7.05 Å². The Hall–Kier alpha value is -1.24. The summed E-state index contributed by atoms with van der Waals surface area (Å²) in [6.07, 6.45) is 6.96. The zero-order chi connectivity index (χ0) is 12.7. The Balaban J connectivity index is 0.000000686. The van der Waals surface area contributed by atoms with E-state index >= 15 is 0 Å². The molecule has 0 unspecified atom stereocenters. The van der Waals surface area contributed by atoms with Gasteiger partial charge in [0.2, 0.25) is 0 Å². The molecule has 1 N–H and O–H groups in total. The Morgan fingerprint density at radius 2 is 2.00 bits per heavy atom. The summed E-state index contributed by atoms with van der Waals surface area (Å²) in [5.41, 5.74) is 4.12. The Labute approximate surface area is 106 Å². The fourth-order valence-electron chi connectivity index (χ4n) is 2.13. The van der Waals surface area contributed by atoms with Crippen LogP contribution in [0.2, 0.25) is 0 Å². The van der Waals surface area contributed by atoms with Gasteiger partial charge in [0.15, 0.2) is 0 Å². The molecule has 1 aliphatic carbocycles. The minimum Gasteiger partial charge on any atom is -0.388 e. The highest BCUT2D eigenvalue weighted by Gasteiger charge is 2.20. The molecule has 1 saturated carbocycles. The first kappa shape index (κ1) is 13.8. The Morgan fingerprint density at radius 1 is 1.29 bits per heavy atom. The molecule has 0 atom stereocenters. The Kier molecular flexibility index (Phi) is 5.82. The van der Waals surface area contributed by atoms with Gasteiger partial charge in [-0.15, -0.1) is 13.2 Å². The molecule has 2 rings (SSSR count). The highest BCUT2D eigenvalue weighted by Crippen LogP contribution is 2.34. The van der Waals surface area contributed by atoms with Crippen LogP contribution >= 0.6 is 0 Å². The van der Waals surface area contributed by atoms with Crippen molar-refractivity contribution in [2.75, 3.05) is 12.4 Å². The maximum absolute atomic E-state index is 3.29. The lowest BCUT2D eigenvalue weighted by molar-refractivity contribution is 0.667. The SMILES string of the molecule is C=C.CNc1cc(C)ccc1CCCC1CC1. The van der Waals surface area contributed by atoms with Crippen LogP contribution in [0.25, 0.3) is 0 Å². The van der Waals surface area contributed by atoms with Crippen LogP contribution in [0.1, 0.15) is 36.8 Å². The van der Waals surface area contributed by atoms with Crippen LogP contribution in [0.3, 0.4) is 0 Å². The van der Waals surface area contributed by atoms with E-state index in [0.717, 1.165) is 5.92 Å². The molecule has 94 valence electrons. The number of aryl methyl sites for hydroxylation is 2. The quantitative estimate of drug-likeness (QED) is 0.732. The van der Waals surface area contributed by atoms with Crippen molar-refractivity contribution in [3.63, 3.8) is 0 Å². The molecule has 1 nitrogen and oxygen atoms in total. The predicted octanol–water partition coefficient (Wildman–Crippen LogP) is 4.57. The smallest absolute Gasteiger partial charge is 0.0372 e. The second-order valence-corrected chi connectivity index (χ2v) is 4.75. The van der Waals surface area contributed by atoms with E-state index in [-0.39, 0.29) is 0 Å². The van der Waals surface area contributed by atoms with Crippen molar-refractivity contribution in [3.8, 4) is 0 Å². The molecule has 0 spiro atoms. The van der Waals surface area contributed by atoms with Gasteiger partial charge in [0.1, 0.15) is 0 Å². The summed E-state index contributed by atoms with van der Waals surface area (Å²) >= 11 is 0. The van der Waals surface area contributed by atoms with E-state index in [0.29, 0.717) is 0 Å². The van der Waals surface area contributed by atoms with E-state index in [1.165, 1.54) is 48.9 Å². The molecule has 0 amide bonds. The lowest BCUT2D eigenvalue weighted by atomic mass is 10.0. The van der Waals surface area contributed by atoms with Gasteiger partial charge in [-0.1, -0.05) is 31.4 Å². The molecule has 0 bridgehead atoms. The molecular weight excluding hydrogens is 206 g/mol. The number of rotatable bonds is 5. The third-order valence-corrected chi connectivity index (χ3v) is 3.29. The first-order chi connectivity index (χ1) is 8.29. The van der Waals surface area contributed by atoms with Crippen LogP contribution in [0, 0.1) is 12.8 Å². The third kappa shape index (κ3) is 4.64. The van der Waals surface area contributed by atoms with E-state index in [1.54, 1.807) is 0 Å². The van der Waals surface area contributed by atoms with Crippen LogP contribution in [0.5, 0.6) is 0 Å². The molecule has 1 fully saturated rings. The van der Waals surface area contributed by atoms with Crippen molar-refractivity contribution < 1.29 is 0 Å². The van der Waals surface area contributed by atoms with Gasteiger partial charge < -0.3 is 5.32 Å². The molecule has 1 aliphatic rings. The van der Waals surface area contributed by atoms with Gasteiger partial charge in [-0.2, -0.15) is 0 Å². The normalized spacial score (nSPS) is 13.8. The van der Waals surface area contributed by atoms with Crippen LogP contribution in [0.15, 0.2) is 31.4 Å². The zero-order valence-electron chi connectivity index (χ0n) is 11.3. The van der Waals surface area contributed by atoms with Gasteiger partial charge in [0.25, 0.3) is 0 Å².